The fourth-order valence-electron chi connectivity index (χ4n) is 4.26. The molecule has 6 nitrogen and oxygen atoms in total. The standard InChI is InChI=1S/C23H33N3O3/c1-16(2)20(24-21(27)19-8-6-7-17(3)15-19)23(29)26-13-9-18(10-14-26)22(28)25-11-4-5-12-25/h6-8,15-16,18,20H,4-5,9-14H2,1-3H3,(H,24,27). The minimum Gasteiger partial charge on any atom is -0.342 e. The van der Waals surface area contributed by atoms with Crippen LogP contribution in [0.4, 0.5) is 0 Å². The van der Waals surface area contributed by atoms with Crippen LogP contribution in [0.2, 0.25) is 0 Å². The van der Waals surface area contributed by atoms with E-state index in [-0.39, 0.29) is 29.6 Å². The maximum absolute atomic E-state index is 13.1. The average Bonchev–Trinajstić information content (AvgIpc) is 3.25. The van der Waals surface area contributed by atoms with Gasteiger partial charge in [0.05, 0.1) is 0 Å². The predicted molar refractivity (Wildman–Crippen MR) is 112 cm³/mol. The zero-order valence-electron chi connectivity index (χ0n) is 17.8. The molecule has 1 unspecified atom stereocenters. The molecule has 6 heteroatoms. The molecule has 2 heterocycles. The number of piperidine rings is 1. The Morgan fingerprint density at radius 1 is 1.00 bits per heavy atom. The van der Waals surface area contributed by atoms with Crippen LogP contribution in [0.3, 0.4) is 0 Å². The Hall–Kier alpha value is -2.37. The molecule has 0 radical (unpaired) electrons. The summed E-state index contributed by atoms with van der Waals surface area (Å²) >= 11 is 0. The van der Waals surface area contributed by atoms with Crippen molar-refractivity contribution in [2.24, 2.45) is 11.8 Å². The van der Waals surface area contributed by atoms with Gasteiger partial charge in [-0.15, -0.1) is 0 Å². The molecule has 2 fully saturated rings. The first-order chi connectivity index (χ1) is 13.9. The molecule has 3 rings (SSSR count). The van der Waals surface area contributed by atoms with E-state index < -0.39 is 6.04 Å². The van der Waals surface area contributed by atoms with Crippen LogP contribution in [-0.2, 0) is 9.59 Å². The number of likely N-dealkylation sites (tertiary alicyclic amines) is 2. The molecule has 0 saturated carbocycles. The van der Waals surface area contributed by atoms with Crippen LogP contribution in [0.25, 0.3) is 0 Å². The number of amides is 3. The van der Waals surface area contributed by atoms with Crippen LogP contribution < -0.4 is 5.32 Å². The summed E-state index contributed by atoms with van der Waals surface area (Å²) in [5.74, 6) is -0.00701. The average molecular weight is 400 g/mol. The summed E-state index contributed by atoms with van der Waals surface area (Å²) in [7, 11) is 0. The fourth-order valence-corrected chi connectivity index (χ4v) is 4.26. The third-order valence-corrected chi connectivity index (χ3v) is 6.07. The Bertz CT molecular complexity index is 747. The van der Waals surface area contributed by atoms with Crippen LogP contribution in [0.1, 0.15) is 55.5 Å². The van der Waals surface area contributed by atoms with Crippen molar-refractivity contribution in [1.29, 1.82) is 0 Å². The van der Waals surface area contributed by atoms with E-state index in [1.807, 2.05) is 48.8 Å². The topological polar surface area (TPSA) is 69.7 Å². The van der Waals surface area contributed by atoms with Gasteiger partial charge in [0.25, 0.3) is 5.91 Å². The first kappa shape index (κ1) is 21.3. The maximum atomic E-state index is 13.1. The van der Waals surface area contributed by atoms with Crippen molar-refractivity contribution < 1.29 is 14.4 Å². The summed E-state index contributed by atoms with van der Waals surface area (Å²) in [5.41, 5.74) is 1.58. The summed E-state index contributed by atoms with van der Waals surface area (Å²) < 4.78 is 0. The molecular weight excluding hydrogens is 366 g/mol. The Kier molecular flexibility index (Phi) is 6.93. The summed E-state index contributed by atoms with van der Waals surface area (Å²) in [6.45, 7) is 8.73. The number of hydrogen-bond acceptors (Lipinski definition) is 3. The smallest absolute Gasteiger partial charge is 0.251 e. The van der Waals surface area contributed by atoms with E-state index in [4.69, 9.17) is 0 Å². The lowest BCUT2D eigenvalue weighted by Crippen LogP contribution is -2.53. The third kappa shape index (κ3) is 5.17. The highest BCUT2D eigenvalue weighted by Crippen LogP contribution is 2.23. The van der Waals surface area contributed by atoms with Gasteiger partial charge in [0, 0.05) is 37.7 Å². The quantitative estimate of drug-likeness (QED) is 0.827. The molecule has 1 N–H and O–H groups in total. The van der Waals surface area contributed by atoms with Gasteiger partial charge in [0.2, 0.25) is 11.8 Å². The van der Waals surface area contributed by atoms with Crippen molar-refractivity contribution in [3.05, 3.63) is 35.4 Å². The van der Waals surface area contributed by atoms with Gasteiger partial charge in [-0.25, -0.2) is 0 Å². The molecule has 158 valence electrons. The van der Waals surface area contributed by atoms with Crippen molar-refractivity contribution in [1.82, 2.24) is 15.1 Å². The van der Waals surface area contributed by atoms with Gasteiger partial charge in [-0.2, -0.15) is 0 Å². The number of nitrogens with one attached hydrogen (secondary N) is 1. The highest BCUT2D eigenvalue weighted by atomic mass is 16.2. The lowest BCUT2D eigenvalue weighted by atomic mass is 9.93. The molecule has 2 saturated heterocycles. The van der Waals surface area contributed by atoms with E-state index in [0.29, 0.717) is 31.5 Å². The molecule has 29 heavy (non-hydrogen) atoms. The number of nitrogens with zero attached hydrogens (tertiary/aromatic N) is 2. The molecule has 0 spiro atoms. The molecule has 0 bridgehead atoms. The van der Waals surface area contributed by atoms with Crippen LogP contribution in [0.15, 0.2) is 24.3 Å². The Labute approximate surface area is 173 Å². The van der Waals surface area contributed by atoms with Gasteiger partial charge >= 0.3 is 0 Å². The number of aryl methyl sites for hydroxylation is 1. The molecule has 1 aromatic carbocycles. The number of carbonyl (C=O) groups is 3. The van der Waals surface area contributed by atoms with Gasteiger partial charge in [-0.3, -0.25) is 14.4 Å². The minimum atomic E-state index is -0.561. The van der Waals surface area contributed by atoms with Gasteiger partial charge in [-0.05, 0) is 50.7 Å². The summed E-state index contributed by atoms with van der Waals surface area (Å²) in [6.07, 6.45) is 3.61. The molecule has 2 aliphatic heterocycles. The second kappa shape index (κ2) is 9.42. The van der Waals surface area contributed by atoms with E-state index in [2.05, 4.69) is 5.32 Å². The normalized spacial score (nSPS) is 18.8. The van der Waals surface area contributed by atoms with Crippen molar-refractivity contribution in [2.45, 2.75) is 52.5 Å². The van der Waals surface area contributed by atoms with E-state index in [1.165, 1.54) is 0 Å². The van der Waals surface area contributed by atoms with Crippen molar-refractivity contribution in [3.63, 3.8) is 0 Å². The third-order valence-electron chi connectivity index (χ3n) is 6.07. The number of hydrogen-bond donors (Lipinski definition) is 1. The first-order valence-electron chi connectivity index (χ1n) is 10.8. The largest absolute Gasteiger partial charge is 0.342 e. The zero-order chi connectivity index (χ0) is 21.0. The van der Waals surface area contributed by atoms with Gasteiger partial charge in [-0.1, -0.05) is 31.5 Å². The van der Waals surface area contributed by atoms with E-state index in [0.717, 1.165) is 31.5 Å². The Balaban J connectivity index is 1.58. The molecule has 1 atom stereocenters. The summed E-state index contributed by atoms with van der Waals surface area (Å²) in [5, 5.41) is 2.93. The van der Waals surface area contributed by atoms with Crippen LogP contribution >= 0.6 is 0 Å². The zero-order valence-corrected chi connectivity index (χ0v) is 17.8. The van der Waals surface area contributed by atoms with Crippen LogP contribution in [-0.4, -0.2) is 59.7 Å². The van der Waals surface area contributed by atoms with Crippen molar-refractivity contribution in [3.8, 4) is 0 Å². The van der Waals surface area contributed by atoms with Gasteiger partial charge in [0.1, 0.15) is 6.04 Å². The SMILES string of the molecule is Cc1cccc(C(=O)NC(C(=O)N2CCC(C(=O)N3CCCC3)CC2)C(C)C)c1. The molecule has 2 aliphatic rings. The predicted octanol–water partition coefficient (Wildman–Crippen LogP) is 2.61. The Morgan fingerprint density at radius 2 is 1.66 bits per heavy atom. The summed E-state index contributed by atoms with van der Waals surface area (Å²) in [6, 6.07) is 6.81. The number of carbonyl (C=O) groups excluding carboxylic acids is 3. The Morgan fingerprint density at radius 3 is 2.24 bits per heavy atom. The number of benzene rings is 1. The lowest BCUT2D eigenvalue weighted by molar-refractivity contribution is -0.141. The van der Waals surface area contributed by atoms with Gasteiger partial charge in [0.15, 0.2) is 0 Å². The van der Waals surface area contributed by atoms with E-state index in [9.17, 15) is 14.4 Å². The second-order valence-electron chi connectivity index (χ2n) is 8.70. The molecule has 0 aromatic heterocycles. The molecule has 1 aromatic rings. The van der Waals surface area contributed by atoms with E-state index >= 15 is 0 Å². The highest BCUT2D eigenvalue weighted by molar-refractivity contribution is 5.97. The summed E-state index contributed by atoms with van der Waals surface area (Å²) in [4.78, 5) is 42.2. The molecule has 0 aliphatic carbocycles. The number of rotatable bonds is 5. The lowest BCUT2D eigenvalue weighted by Gasteiger charge is -2.36. The second-order valence-corrected chi connectivity index (χ2v) is 8.70. The molecule has 3 amide bonds. The molecular formula is C23H33N3O3. The van der Waals surface area contributed by atoms with Crippen LogP contribution in [0.5, 0.6) is 0 Å². The van der Waals surface area contributed by atoms with Crippen molar-refractivity contribution >= 4 is 17.7 Å². The minimum absolute atomic E-state index is 0.0137. The first-order valence-corrected chi connectivity index (χ1v) is 10.8. The maximum Gasteiger partial charge on any atom is 0.251 e. The highest BCUT2D eigenvalue weighted by Gasteiger charge is 2.34. The van der Waals surface area contributed by atoms with Crippen LogP contribution in [0, 0.1) is 18.8 Å². The fraction of sp³-hybridized carbons (Fsp3) is 0.609. The monoisotopic (exact) mass is 399 g/mol. The van der Waals surface area contributed by atoms with Gasteiger partial charge < -0.3 is 15.1 Å². The van der Waals surface area contributed by atoms with Crippen molar-refractivity contribution in [2.75, 3.05) is 26.2 Å². The van der Waals surface area contributed by atoms with E-state index in [1.54, 1.807) is 6.07 Å².